The molecule has 0 aliphatic carbocycles. The molecule has 2 N–H and O–H groups in total. The van der Waals surface area contributed by atoms with Crippen molar-refractivity contribution in [2.24, 2.45) is 0 Å². The summed E-state index contributed by atoms with van der Waals surface area (Å²) in [6, 6.07) is 0. The topological polar surface area (TPSA) is 53.1 Å². The molecule has 1 aromatic rings. The third-order valence-electron chi connectivity index (χ3n) is 3.61. The fourth-order valence-electron chi connectivity index (χ4n) is 2.55. The fraction of sp³-hybridized carbons (Fsp3) is 0.733. The number of hydrogen-bond donors (Lipinski definition) is 2. The molecule has 0 aromatic carbocycles. The molecule has 1 aromatic heterocycles. The summed E-state index contributed by atoms with van der Waals surface area (Å²) in [4.78, 5) is 8.86. The molecule has 0 bridgehead atoms. The van der Waals surface area contributed by atoms with Crippen LogP contribution in [0.25, 0.3) is 0 Å². The number of hydrazine groups is 1. The summed E-state index contributed by atoms with van der Waals surface area (Å²) in [5.74, 6) is 1.96. The summed E-state index contributed by atoms with van der Waals surface area (Å²) in [6.45, 7) is 7.53. The van der Waals surface area contributed by atoms with E-state index in [2.05, 4.69) is 39.6 Å². The van der Waals surface area contributed by atoms with E-state index < -0.39 is 0 Å². The molecule has 2 rings (SSSR count). The number of nitrogens with zero attached hydrogens (tertiary/aromatic N) is 3. The van der Waals surface area contributed by atoms with Crippen LogP contribution in [0.15, 0.2) is 6.33 Å². The number of anilines is 2. The van der Waals surface area contributed by atoms with Crippen LogP contribution in [0, 0.1) is 0 Å². The predicted molar refractivity (Wildman–Crippen MR) is 83.9 cm³/mol. The molecule has 2 heterocycles. The first-order valence-corrected chi connectivity index (χ1v) is 7.94. The monoisotopic (exact) mass is 277 g/mol. The van der Waals surface area contributed by atoms with Gasteiger partial charge in [0.2, 0.25) is 0 Å². The molecule has 0 atom stereocenters. The van der Waals surface area contributed by atoms with Crippen molar-refractivity contribution < 1.29 is 0 Å². The smallest absolute Gasteiger partial charge is 0.149 e. The van der Waals surface area contributed by atoms with Crippen LogP contribution in [-0.4, -0.2) is 34.6 Å². The summed E-state index contributed by atoms with van der Waals surface area (Å²) < 4.78 is 0. The Morgan fingerprint density at radius 3 is 2.50 bits per heavy atom. The summed E-state index contributed by atoms with van der Waals surface area (Å²) in [7, 11) is 0. The number of rotatable bonds is 7. The van der Waals surface area contributed by atoms with Gasteiger partial charge in [-0.2, -0.15) is 0 Å². The quantitative estimate of drug-likeness (QED) is 0.802. The fourth-order valence-corrected chi connectivity index (χ4v) is 2.55. The van der Waals surface area contributed by atoms with Crippen molar-refractivity contribution >= 4 is 11.6 Å². The van der Waals surface area contributed by atoms with E-state index >= 15 is 0 Å². The second-order valence-electron chi connectivity index (χ2n) is 5.39. The van der Waals surface area contributed by atoms with Crippen LogP contribution in [0.3, 0.4) is 0 Å². The average molecular weight is 277 g/mol. The zero-order valence-corrected chi connectivity index (χ0v) is 12.8. The van der Waals surface area contributed by atoms with Crippen LogP contribution in [-0.2, 0) is 6.42 Å². The molecule has 0 amide bonds. The van der Waals surface area contributed by atoms with Gasteiger partial charge in [-0.15, -0.1) is 0 Å². The van der Waals surface area contributed by atoms with Gasteiger partial charge in [0.1, 0.15) is 18.0 Å². The number of piperidine rings is 1. The molecule has 112 valence electrons. The van der Waals surface area contributed by atoms with E-state index in [0.29, 0.717) is 0 Å². The van der Waals surface area contributed by atoms with Gasteiger partial charge in [-0.3, -0.25) is 0 Å². The Morgan fingerprint density at radius 2 is 1.80 bits per heavy atom. The lowest BCUT2D eigenvalue weighted by atomic mass is 10.1. The molecular formula is C15H27N5. The second-order valence-corrected chi connectivity index (χ2v) is 5.39. The van der Waals surface area contributed by atoms with E-state index in [9.17, 15) is 0 Å². The van der Waals surface area contributed by atoms with Crippen molar-refractivity contribution in [2.75, 3.05) is 30.4 Å². The summed E-state index contributed by atoms with van der Waals surface area (Å²) in [5, 5.41) is 5.70. The summed E-state index contributed by atoms with van der Waals surface area (Å²) in [6.07, 6.45) is 8.73. The molecule has 0 radical (unpaired) electrons. The lowest BCUT2D eigenvalue weighted by Crippen LogP contribution is -2.35. The van der Waals surface area contributed by atoms with Crippen molar-refractivity contribution in [1.82, 2.24) is 15.0 Å². The van der Waals surface area contributed by atoms with Crippen molar-refractivity contribution in [3.05, 3.63) is 11.9 Å². The molecule has 0 unspecified atom stereocenters. The van der Waals surface area contributed by atoms with E-state index in [0.717, 1.165) is 50.5 Å². The van der Waals surface area contributed by atoms with Crippen LogP contribution in [0.2, 0.25) is 0 Å². The van der Waals surface area contributed by atoms with Crippen molar-refractivity contribution in [1.29, 1.82) is 0 Å². The van der Waals surface area contributed by atoms with Gasteiger partial charge in [0, 0.05) is 25.2 Å². The van der Waals surface area contributed by atoms with Gasteiger partial charge in [-0.25, -0.2) is 15.0 Å². The third kappa shape index (κ3) is 4.07. The first-order chi connectivity index (χ1) is 9.85. The van der Waals surface area contributed by atoms with E-state index in [1.165, 1.54) is 24.8 Å². The maximum absolute atomic E-state index is 4.46. The maximum Gasteiger partial charge on any atom is 0.149 e. The Hall–Kier alpha value is -1.36. The minimum atomic E-state index is 0.955. The zero-order chi connectivity index (χ0) is 14.2. The number of nitrogens with one attached hydrogen (secondary N) is 2. The largest absolute Gasteiger partial charge is 0.370 e. The van der Waals surface area contributed by atoms with Crippen LogP contribution in [0.1, 0.15) is 51.5 Å². The van der Waals surface area contributed by atoms with Gasteiger partial charge in [0.15, 0.2) is 0 Å². The number of aromatic nitrogens is 2. The first-order valence-electron chi connectivity index (χ1n) is 7.94. The molecule has 0 saturated carbocycles. The molecule has 5 heteroatoms. The zero-order valence-electron chi connectivity index (χ0n) is 12.8. The van der Waals surface area contributed by atoms with Crippen LogP contribution < -0.4 is 10.7 Å². The van der Waals surface area contributed by atoms with E-state index in [1.807, 2.05) is 0 Å². The van der Waals surface area contributed by atoms with E-state index in [4.69, 9.17) is 0 Å². The minimum Gasteiger partial charge on any atom is -0.370 e. The highest BCUT2D eigenvalue weighted by Gasteiger charge is 2.15. The van der Waals surface area contributed by atoms with Gasteiger partial charge >= 0.3 is 0 Å². The Labute approximate surface area is 122 Å². The molecule has 20 heavy (non-hydrogen) atoms. The SMILES string of the molecule is CCCNc1ncnc(NN2CCCCC2)c1CCC. The molecule has 5 nitrogen and oxygen atoms in total. The summed E-state index contributed by atoms with van der Waals surface area (Å²) in [5.41, 5.74) is 4.71. The highest BCUT2D eigenvalue weighted by Crippen LogP contribution is 2.23. The van der Waals surface area contributed by atoms with Gasteiger partial charge in [-0.1, -0.05) is 26.7 Å². The normalized spacial score (nSPS) is 16.1. The standard InChI is InChI=1S/C15H27N5/c1-3-8-13-14(16-9-4-2)17-12-18-15(13)19-20-10-6-5-7-11-20/h12H,3-11H2,1-2H3,(H2,16,17,18,19). The third-order valence-corrected chi connectivity index (χ3v) is 3.61. The molecular weight excluding hydrogens is 250 g/mol. The molecule has 1 fully saturated rings. The highest BCUT2D eigenvalue weighted by molar-refractivity contribution is 5.57. The average Bonchev–Trinajstić information content (AvgIpc) is 2.49. The van der Waals surface area contributed by atoms with E-state index in [1.54, 1.807) is 6.33 Å². The number of hydrogen-bond acceptors (Lipinski definition) is 5. The van der Waals surface area contributed by atoms with Gasteiger partial charge in [0.25, 0.3) is 0 Å². The Morgan fingerprint density at radius 1 is 1.05 bits per heavy atom. The molecule has 0 spiro atoms. The van der Waals surface area contributed by atoms with Crippen molar-refractivity contribution in [3.8, 4) is 0 Å². The Balaban J connectivity index is 2.12. The molecule has 1 saturated heterocycles. The van der Waals surface area contributed by atoms with Crippen molar-refractivity contribution in [2.45, 2.75) is 52.4 Å². The highest BCUT2D eigenvalue weighted by atomic mass is 15.5. The minimum absolute atomic E-state index is 0.955. The lowest BCUT2D eigenvalue weighted by Gasteiger charge is -2.28. The Bertz CT molecular complexity index is 401. The van der Waals surface area contributed by atoms with Gasteiger partial charge in [-0.05, 0) is 25.7 Å². The van der Waals surface area contributed by atoms with Crippen LogP contribution in [0.4, 0.5) is 11.6 Å². The van der Waals surface area contributed by atoms with E-state index in [-0.39, 0.29) is 0 Å². The van der Waals surface area contributed by atoms with Crippen molar-refractivity contribution in [3.63, 3.8) is 0 Å². The van der Waals surface area contributed by atoms with Gasteiger partial charge < -0.3 is 10.7 Å². The molecule has 1 aliphatic heterocycles. The lowest BCUT2D eigenvalue weighted by molar-refractivity contribution is 0.272. The van der Waals surface area contributed by atoms with Gasteiger partial charge in [0.05, 0.1) is 0 Å². The summed E-state index contributed by atoms with van der Waals surface area (Å²) >= 11 is 0. The second kappa shape index (κ2) is 8.04. The maximum atomic E-state index is 4.46. The Kier molecular flexibility index (Phi) is 6.05. The molecule has 1 aliphatic rings. The predicted octanol–water partition coefficient (Wildman–Crippen LogP) is 3.06. The van der Waals surface area contributed by atoms with Crippen LogP contribution in [0.5, 0.6) is 0 Å². The van der Waals surface area contributed by atoms with Crippen LogP contribution >= 0.6 is 0 Å². The first kappa shape index (κ1) is 15.0.